The fourth-order valence-electron chi connectivity index (χ4n) is 0.999. The molecule has 1 N–H and O–H groups in total. The van der Waals surface area contributed by atoms with Crippen LogP contribution in [-0.2, 0) is 14.4 Å². The summed E-state index contributed by atoms with van der Waals surface area (Å²) in [5, 5.41) is 0. The molecule has 0 saturated carbocycles. The normalized spacial score (nSPS) is 13.6. The summed E-state index contributed by atoms with van der Waals surface area (Å²) in [6, 6.07) is -0.854. The lowest BCUT2D eigenvalue weighted by atomic mass is 10.1. The van der Waals surface area contributed by atoms with Crippen LogP contribution < -0.4 is 5.48 Å². The molecule has 0 heterocycles. The van der Waals surface area contributed by atoms with Gasteiger partial charge in [0.1, 0.15) is 6.04 Å². The molecule has 7 heteroatoms. The highest BCUT2D eigenvalue weighted by atomic mass is 19.4. The van der Waals surface area contributed by atoms with Gasteiger partial charge in [0.15, 0.2) is 6.61 Å². The number of unbranched alkanes of at least 4 members (excludes halogenated alkanes) is 1. The Labute approximate surface area is 92.0 Å². The van der Waals surface area contributed by atoms with E-state index in [-0.39, 0.29) is 0 Å². The van der Waals surface area contributed by atoms with Crippen molar-refractivity contribution in [3.05, 3.63) is 0 Å². The molecule has 0 aliphatic carbocycles. The Balaban J connectivity index is 3.96. The Bertz CT molecular complexity index is 209. The molecule has 0 amide bonds. The van der Waals surface area contributed by atoms with Crippen molar-refractivity contribution in [3.8, 4) is 0 Å². The molecule has 0 aliphatic rings. The number of carbonyl (C=O) groups is 1. The van der Waals surface area contributed by atoms with Gasteiger partial charge in [0.2, 0.25) is 0 Å². The predicted molar refractivity (Wildman–Crippen MR) is 50.5 cm³/mol. The van der Waals surface area contributed by atoms with Crippen LogP contribution in [-0.4, -0.2) is 31.9 Å². The van der Waals surface area contributed by atoms with Crippen molar-refractivity contribution in [2.75, 3.05) is 13.7 Å². The summed E-state index contributed by atoms with van der Waals surface area (Å²) in [4.78, 5) is 15.3. The Morgan fingerprint density at radius 2 is 2.06 bits per heavy atom. The van der Waals surface area contributed by atoms with Crippen LogP contribution in [0.2, 0.25) is 0 Å². The smallest absolute Gasteiger partial charge is 0.413 e. The highest BCUT2D eigenvalue weighted by Gasteiger charge is 2.29. The topological polar surface area (TPSA) is 47.6 Å². The van der Waals surface area contributed by atoms with E-state index in [2.05, 4.69) is 15.1 Å². The van der Waals surface area contributed by atoms with Crippen LogP contribution >= 0.6 is 0 Å². The van der Waals surface area contributed by atoms with Gasteiger partial charge in [0.05, 0.1) is 7.11 Å². The van der Waals surface area contributed by atoms with Crippen LogP contribution in [0.3, 0.4) is 0 Å². The van der Waals surface area contributed by atoms with Crippen molar-refractivity contribution >= 4 is 5.97 Å². The van der Waals surface area contributed by atoms with Gasteiger partial charge in [-0.2, -0.15) is 18.7 Å². The number of methoxy groups -OCH3 is 1. The van der Waals surface area contributed by atoms with Crippen LogP contribution in [0, 0.1) is 0 Å². The molecule has 0 aliphatic heterocycles. The third-order valence-electron chi connectivity index (χ3n) is 1.79. The van der Waals surface area contributed by atoms with Gasteiger partial charge in [0.25, 0.3) is 0 Å². The average Bonchev–Trinajstić information content (AvgIpc) is 2.20. The fourth-order valence-corrected chi connectivity index (χ4v) is 0.999. The van der Waals surface area contributed by atoms with E-state index in [0.717, 1.165) is 6.42 Å². The standard InChI is InChI=1S/C9H16F3NO3/c1-3-4-5-7(8(14)15-2)13-16-6-9(10,11)12/h7,13H,3-6H2,1-2H3. The van der Waals surface area contributed by atoms with Crippen LogP contribution in [0.5, 0.6) is 0 Å². The molecule has 0 rings (SSSR count). The number of ether oxygens (including phenoxy) is 1. The zero-order chi connectivity index (χ0) is 12.6. The Hall–Kier alpha value is -0.820. The van der Waals surface area contributed by atoms with Crippen LogP contribution in [0.4, 0.5) is 13.2 Å². The minimum atomic E-state index is -4.42. The number of esters is 1. The number of rotatable bonds is 7. The highest BCUT2D eigenvalue weighted by Crippen LogP contribution is 2.14. The zero-order valence-electron chi connectivity index (χ0n) is 9.26. The summed E-state index contributed by atoms with van der Waals surface area (Å²) < 4.78 is 39.7. The summed E-state index contributed by atoms with van der Waals surface area (Å²) in [6.45, 7) is 0.470. The molecule has 0 bridgehead atoms. The molecule has 96 valence electrons. The largest absolute Gasteiger partial charge is 0.468 e. The molecule has 0 aromatic heterocycles. The molecular weight excluding hydrogens is 227 g/mol. The van der Waals surface area contributed by atoms with E-state index >= 15 is 0 Å². The van der Waals surface area contributed by atoms with Gasteiger partial charge in [-0.3, -0.25) is 9.63 Å². The van der Waals surface area contributed by atoms with Crippen molar-refractivity contribution in [2.24, 2.45) is 0 Å². The van der Waals surface area contributed by atoms with Gasteiger partial charge in [0, 0.05) is 0 Å². The molecule has 16 heavy (non-hydrogen) atoms. The van der Waals surface area contributed by atoms with Crippen molar-refractivity contribution in [1.82, 2.24) is 5.48 Å². The van der Waals surface area contributed by atoms with E-state index in [1.807, 2.05) is 6.92 Å². The first-order valence-electron chi connectivity index (χ1n) is 4.92. The van der Waals surface area contributed by atoms with Crippen LogP contribution in [0.15, 0.2) is 0 Å². The van der Waals surface area contributed by atoms with Gasteiger partial charge < -0.3 is 4.74 Å². The number of hydrogen-bond donors (Lipinski definition) is 1. The third kappa shape index (κ3) is 7.47. The molecule has 4 nitrogen and oxygen atoms in total. The Kier molecular flexibility index (Phi) is 7.07. The lowest BCUT2D eigenvalue weighted by Crippen LogP contribution is -2.39. The summed E-state index contributed by atoms with van der Waals surface area (Å²) in [5.41, 5.74) is 2.07. The molecule has 1 unspecified atom stereocenters. The molecule has 0 fully saturated rings. The maximum atomic E-state index is 11.8. The molecule has 0 aromatic carbocycles. The monoisotopic (exact) mass is 243 g/mol. The van der Waals surface area contributed by atoms with E-state index in [4.69, 9.17) is 0 Å². The zero-order valence-corrected chi connectivity index (χ0v) is 9.26. The first-order valence-corrected chi connectivity index (χ1v) is 4.92. The van der Waals surface area contributed by atoms with Crippen molar-refractivity contribution < 1.29 is 27.5 Å². The third-order valence-corrected chi connectivity index (χ3v) is 1.79. The van der Waals surface area contributed by atoms with Gasteiger partial charge in [-0.1, -0.05) is 19.8 Å². The fraction of sp³-hybridized carbons (Fsp3) is 0.889. The molecular formula is C9H16F3NO3. The number of nitrogens with one attached hydrogen (secondary N) is 1. The first-order chi connectivity index (χ1) is 7.40. The second-order valence-electron chi connectivity index (χ2n) is 3.24. The van der Waals surface area contributed by atoms with Crippen LogP contribution in [0.25, 0.3) is 0 Å². The van der Waals surface area contributed by atoms with E-state index < -0.39 is 24.8 Å². The predicted octanol–water partition coefficient (Wildman–Crippen LogP) is 1.80. The van der Waals surface area contributed by atoms with Gasteiger partial charge in [-0.15, -0.1) is 0 Å². The maximum Gasteiger partial charge on any atom is 0.413 e. The van der Waals surface area contributed by atoms with E-state index in [1.54, 1.807) is 0 Å². The molecule has 0 radical (unpaired) electrons. The van der Waals surface area contributed by atoms with Crippen molar-refractivity contribution in [1.29, 1.82) is 0 Å². The molecule has 0 saturated heterocycles. The average molecular weight is 243 g/mol. The Morgan fingerprint density at radius 3 is 2.50 bits per heavy atom. The maximum absolute atomic E-state index is 11.8. The molecule has 1 atom stereocenters. The van der Waals surface area contributed by atoms with Gasteiger partial charge in [-0.05, 0) is 6.42 Å². The lowest BCUT2D eigenvalue weighted by Gasteiger charge is -2.16. The van der Waals surface area contributed by atoms with Crippen LogP contribution in [0.1, 0.15) is 26.2 Å². The highest BCUT2D eigenvalue weighted by molar-refractivity contribution is 5.75. The van der Waals surface area contributed by atoms with E-state index in [9.17, 15) is 18.0 Å². The molecule has 0 aromatic rings. The Morgan fingerprint density at radius 1 is 1.44 bits per heavy atom. The minimum absolute atomic E-state index is 0.376. The van der Waals surface area contributed by atoms with E-state index in [0.29, 0.717) is 12.8 Å². The van der Waals surface area contributed by atoms with E-state index in [1.165, 1.54) is 7.11 Å². The first kappa shape index (κ1) is 15.2. The van der Waals surface area contributed by atoms with Crippen molar-refractivity contribution in [3.63, 3.8) is 0 Å². The number of alkyl halides is 3. The van der Waals surface area contributed by atoms with Gasteiger partial charge >= 0.3 is 12.1 Å². The van der Waals surface area contributed by atoms with Crippen molar-refractivity contribution in [2.45, 2.75) is 38.4 Å². The number of carbonyl (C=O) groups excluding carboxylic acids is 1. The second-order valence-corrected chi connectivity index (χ2v) is 3.24. The molecule has 0 spiro atoms. The number of hydroxylamine groups is 1. The quantitative estimate of drug-likeness (QED) is 0.547. The second kappa shape index (κ2) is 7.45. The minimum Gasteiger partial charge on any atom is -0.468 e. The number of halogens is 3. The van der Waals surface area contributed by atoms with Gasteiger partial charge in [-0.25, -0.2) is 0 Å². The number of hydrogen-bond acceptors (Lipinski definition) is 4. The summed E-state index contributed by atoms with van der Waals surface area (Å²) in [5.74, 6) is -0.629. The lowest BCUT2D eigenvalue weighted by molar-refractivity contribution is -0.196. The SMILES string of the molecule is CCCCC(NOCC(F)(F)F)C(=O)OC. The summed E-state index contributed by atoms with van der Waals surface area (Å²) >= 11 is 0. The summed E-state index contributed by atoms with van der Waals surface area (Å²) in [6.07, 6.45) is -2.52. The summed E-state index contributed by atoms with van der Waals surface area (Å²) in [7, 11) is 1.17.